The Kier molecular flexibility index (Phi) is 3.02. The summed E-state index contributed by atoms with van der Waals surface area (Å²) in [4.78, 5) is 13.0. The second kappa shape index (κ2) is 4.04. The fraction of sp³-hybridized carbons (Fsp3) is 0.500. The first-order valence-corrected chi connectivity index (χ1v) is 4.04. The van der Waals surface area contributed by atoms with E-state index < -0.39 is 0 Å². The van der Waals surface area contributed by atoms with E-state index in [1.165, 1.54) is 4.90 Å². The first-order chi connectivity index (χ1) is 6.15. The van der Waals surface area contributed by atoms with E-state index in [1.54, 1.807) is 20.0 Å². The van der Waals surface area contributed by atoms with Crippen molar-refractivity contribution in [3.8, 4) is 0 Å². The third-order valence-electron chi connectivity index (χ3n) is 1.65. The third-order valence-corrected chi connectivity index (χ3v) is 1.65. The first-order valence-electron chi connectivity index (χ1n) is 4.04. The van der Waals surface area contributed by atoms with E-state index in [-0.39, 0.29) is 11.7 Å². The molecule has 13 heavy (non-hydrogen) atoms. The van der Waals surface area contributed by atoms with Crippen LogP contribution >= 0.6 is 0 Å². The van der Waals surface area contributed by atoms with Gasteiger partial charge in [-0.15, -0.1) is 0 Å². The van der Waals surface area contributed by atoms with Gasteiger partial charge in [0.2, 0.25) is 5.76 Å². The molecular weight excluding hydrogens is 170 g/mol. The lowest BCUT2D eigenvalue weighted by atomic mass is 10.3. The Morgan fingerprint density at radius 1 is 1.77 bits per heavy atom. The van der Waals surface area contributed by atoms with Crippen LogP contribution in [0.2, 0.25) is 0 Å². The van der Waals surface area contributed by atoms with Gasteiger partial charge in [0.1, 0.15) is 0 Å². The number of nitrogens with zero attached hydrogens (tertiary/aromatic N) is 2. The van der Waals surface area contributed by atoms with Crippen LogP contribution in [-0.4, -0.2) is 36.1 Å². The van der Waals surface area contributed by atoms with Gasteiger partial charge in [0, 0.05) is 26.2 Å². The van der Waals surface area contributed by atoms with Crippen molar-refractivity contribution in [2.45, 2.75) is 6.92 Å². The molecule has 1 aromatic heterocycles. The molecule has 0 aliphatic rings. The highest BCUT2D eigenvalue weighted by molar-refractivity contribution is 5.91. The van der Waals surface area contributed by atoms with Gasteiger partial charge in [0.15, 0.2) is 0 Å². The number of carbonyl (C=O) groups excluding carboxylic acids is 1. The number of aromatic nitrogens is 1. The molecule has 1 amide bonds. The second-order valence-corrected chi connectivity index (χ2v) is 2.85. The standard InChI is InChI=1S/C8H13N3O2/c1-6-5-7(13-10-6)8(12)11(2)4-3-9/h5H,3-4,9H2,1-2H3. The topological polar surface area (TPSA) is 72.4 Å². The van der Waals surface area contributed by atoms with E-state index >= 15 is 0 Å². The Balaban J connectivity index is 2.67. The van der Waals surface area contributed by atoms with Crippen LogP contribution in [0.1, 0.15) is 16.2 Å². The lowest BCUT2D eigenvalue weighted by molar-refractivity contribution is 0.0757. The van der Waals surface area contributed by atoms with Crippen molar-refractivity contribution in [2.24, 2.45) is 5.73 Å². The monoisotopic (exact) mass is 183 g/mol. The minimum Gasteiger partial charge on any atom is -0.351 e. The molecule has 0 atom stereocenters. The zero-order valence-corrected chi connectivity index (χ0v) is 7.78. The molecule has 1 rings (SSSR count). The van der Waals surface area contributed by atoms with Crippen LogP contribution in [0.25, 0.3) is 0 Å². The molecule has 5 heteroatoms. The van der Waals surface area contributed by atoms with E-state index in [0.717, 1.165) is 0 Å². The molecule has 1 aromatic rings. The minimum absolute atomic E-state index is 0.189. The maximum atomic E-state index is 11.5. The number of hydrogen-bond donors (Lipinski definition) is 1. The summed E-state index contributed by atoms with van der Waals surface area (Å²) in [5, 5.41) is 3.63. The van der Waals surface area contributed by atoms with Gasteiger partial charge in [0.05, 0.1) is 5.69 Å². The summed E-state index contributed by atoms with van der Waals surface area (Å²) < 4.78 is 4.81. The number of likely N-dealkylation sites (N-methyl/N-ethyl adjacent to an activating group) is 1. The molecular formula is C8H13N3O2. The molecule has 0 aliphatic heterocycles. The molecule has 0 radical (unpaired) electrons. The summed E-state index contributed by atoms with van der Waals surface area (Å²) in [5.41, 5.74) is 6.01. The molecule has 0 unspecified atom stereocenters. The van der Waals surface area contributed by atoms with Crippen LogP contribution in [0, 0.1) is 6.92 Å². The van der Waals surface area contributed by atoms with E-state index in [1.807, 2.05) is 0 Å². The van der Waals surface area contributed by atoms with Crippen molar-refractivity contribution >= 4 is 5.91 Å². The summed E-state index contributed by atoms with van der Waals surface area (Å²) in [7, 11) is 1.67. The maximum absolute atomic E-state index is 11.5. The molecule has 0 aromatic carbocycles. The lowest BCUT2D eigenvalue weighted by Crippen LogP contribution is -2.31. The fourth-order valence-electron chi connectivity index (χ4n) is 0.948. The van der Waals surface area contributed by atoms with E-state index in [0.29, 0.717) is 18.8 Å². The molecule has 2 N–H and O–H groups in total. The number of carbonyl (C=O) groups is 1. The van der Waals surface area contributed by atoms with Crippen molar-refractivity contribution in [3.05, 3.63) is 17.5 Å². The maximum Gasteiger partial charge on any atom is 0.292 e. The van der Waals surface area contributed by atoms with Crippen molar-refractivity contribution in [1.82, 2.24) is 10.1 Å². The predicted molar refractivity (Wildman–Crippen MR) is 47.3 cm³/mol. The molecule has 5 nitrogen and oxygen atoms in total. The Bertz CT molecular complexity index is 295. The Labute approximate surface area is 76.5 Å². The van der Waals surface area contributed by atoms with Crippen LogP contribution in [0.3, 0.4) is 0 Å². The van der Waals surface area contributed by atoms with Crippen LogP contribution in [-0.2, 0) is 0 Å². The normalized spacial score (nSPS) is 10.1. The van der Waals surface area contributed by atoms with Gasteiger partial charge in [-0.05, 0) is 6.92 Å². The molecule has 0 saturated carbocycles. The number of nitrogens with two attached hydrogens (primary N) is 1. The van der Waals surface area contributed by atoms with Gasteiger partial charge in [0.25, 0.3) is 5.91 Å². The van der Waals surface area contributed by atoms with E-state index in [9.17, 15) is 4.79 Å². The molecule has 0 saturated heterocycles. The Morgan fingerprint density at radius 2 is 2.46 bits per heavy atom. The van der Waals surface area contributed by atoms with Crippen molar-refractivity contribution in [2.75, 3.05) is 20.1 Å². The van der Waals surface area contributed by atoms with Gasteiger partial charge in [-0.2, -0.15) is 0 Å². The highest BCUT2D eigenvalue weighted by Crippen LogP contribution is 2.04. The fourth-order valence-corrected chi connectivity index (χ4v) is 0.948. The van der Waals surface area contributed by atoms with Gasteiger partial charge in [-0.1, -0.05) is 5.16 Å². The minimum atomic E-state index is -0.189. The van der Waals surface area contributed by atoms with Gasteiger partial charge < -0.3 is 15.2 Å². The lowest BCUT2D eigenvalue weighted by Gasteiger charge is -2.12. The SMILES string of the molecule is Cc1cc(C(=O)N(C)CCN)on1. The molecule has 0 aliphatic carbocycles. The molecule has 0 bridgehead atoms. The molecule has 1 heterocycles. The van der Waals surface area contributed by atoms with Crippen molar-refractivity contribution in [1.29, 1.82) is 0 Å². The van der Waals surface area contributed by atoms with E-state index in [4.69, 9.17) is 10.3 Å². The summed E-state index contributed by atoms with van der Waals surface area (Å²) in [5.74, 6) is 0.0690. The highest BCUT2D eigenvalue weighted by Gasteiger charge is 2.15. The summed E-state index contributed by atoms with van der Waals surface area (Å²) in [6, 6.07) is 1.61. The number of hydrogen-bond acceptors (Lipinski definition) is 4. The van der Waals surface area contributed by atoms with Crippen LogP contribution < -0.4 is 5.73 Å². The average molecular weight is 183 g/mol. The predicted octanol–water partition coefficient (Wildman–Crippen LogP) is 0.0137. The number of aryl methyl sites for hydroxylation is 1. The zero-order valence-electron chi connectivity index (χ0n) is 7.78. The van der Waals surface area contributed by atoms with Crippen molar-refractivity contribution in [3.63, 3.8) is 0 Å². The Morgan fingerprint density at radius 3 is 2.92 bits per heavy atom. The quantitative estimate of drug-likeness (QED) is 0.716. The summed E-state index contributed by atoms with van der Waals surface area (Å²) in [6.45, 7) is 2.72. The average Bonchev–Trinajstić information content (AvgIpc) is 2.51. The summed E-state index contributed by atoms with van der Waals surface area (Å²) in [6.07, 6.45) is 0. The number of amides is 1. The molecule has 0 fully saturated rings. The Hall–Kier alpha value is -1.36. The highest BCUT2D eigenvalue weighted by atomic mass is 16.5. The first kappa shape index (κ1) is 9.73. The molecule has 72 valence electrons. The van der Waals surface area contributed by atoms with Crippen molar-refractivity contribution < 1.29 is 9.32 Å². The summed E-state index contributed by atoms with van der Waals surface area (Å²) >= 11 is 0. The third kappa shape index (κ3) is 2.29. The van der Waals surface area contributed by atoms with Crippen LogP contribution in [0.5, 0.6) is 0 Å². The van der Waals surface area contributed by atoms with Gasteiger partial charge >= 0.3 is 0 Å². The number of rotatable bonds is 3. The van der Waals surface area contributed by atoms with Crippen LogP contribution in [0.4, 0.5) is 0 Å². The molecule has 0 spiro atoms. The van der Waals surface area contributed by atoms with E-state index in [2.05, 4.69) is 5.16 Å². The largest absolute Gasteiger partial charge is 0.351 e. The van der Waals surface area contributed by atoms with Gasteiger partial charge in [-0.3, -0.25) is 4.79 Å². The van der Waals surface area contributed by atoms with Gasteiger partial charge in [-0.25, -0.2) is 0 Å². The van der Waals surface area contributed by atoms with Crippen LogP contribution in [0.15, 0.2) is 10.6 Å². The second-order valence-electron chi connectivity index (χ2n) is 2.85. The smallest absolute Gasteiger partial charge is 0.292 e. The zero-order chi connectivity index (χ0) is 9.84.